The number of aryl methyl sites for hydroxylation is 1. The van der Waals surface area contributed by atoms with Crippen molar-refractivity contribution in [3.05, 3.63) is 18.4 Å². The van der Waals surface area contributed by atoms with Crippen LogP contribution in [0.25, 0.3) is 0 Å². The van der Waals surface area contributed by atoms with Crippen LogP contribution in [0.2, 0.25) is 0 Å². The van der Waals surface area contributed by atoms with Gasteiger partial charge in [-0.2, -0.15) is 0 Å². The van der Waals surface area contributed by atoms with Crippen molar-refractivity contribution in [1.29, 1.82) is 0 Å². The van der Waals surface area contributed by atoms with Gasteiger partial charge in [0.1, 0.15) is 5.76 Å². The molecule has 3 nitrogen and oxygen atoms in total. The van der Waals surface area contributed by atoms with E-state index in [2.05, 4.69) is 4.98 Å². The monoisotopic (exact) mass is 140 g/mol. The summed E-state index contributed by atoms with van der Waals surface area (Å²) in [5, 5.41) is 0. The Labute approximate surface area is 60.2 Å². The average Bonchev–Trinajstić information content (AvgIpc) is 2.34. The van der Waals surface area contributed by atoms with E-state index in [1.54, 1.807) is 6.20 Å². The molecule has 0 amide bonds. The highest BCUT2D eigenvalue weighted by molar-refractivity contribution is 4.88. The summed E-state index contributed by atoms with van der Waals surface area (Å²) >= 11 is 0. The number of oxazole rings is 1. The Balaban J connectivity index is 2.28. The van der Waals surface area contributed by atoms with Crippen molar-refractivity contribution < 1.29 is 4.42 Å². The summed E-state index contributed by atoms with van der Waals surface area (Å²) in [4.78, 5) is 3.79. The molecule has 1 heterocycles. The minimum absolute atomic E-state index is 0.241. The lowest BCUT2D eigenvalue weighted by atomic mass is 10.2. The number of hydrogen-bond acceptors (Lipinski definition) is 3. The molecule has 10 heavy (non-hydrogen) atoms. The Kier molecular flexibility index (Phi) is 2.45. The smallest absolute Gasteiger partial charge is 0.180 e. The van der Waals surface area contributed by atoms with E-state index in [-0.39, 0.29) is 6.04 Å². The molecular formula is C7H12N2O. The lowest BCUT2D eigenvalue weighted by Crippen LogP contribution is -2.15. The van der Waals surface area contributed by atoms with Crippen molar-refractivity contribution in [2.24, 2.45) is 5.73 Å². The van der Waals surface area contributed by atoms with Gasteiger partial charge in [0.25, 0.3) is 0 Å². The van der Waals surface area contributed by atoms with Gasteiger partial charge < -0.3 is 10.2 Å². The topological polar surface area (TPSA) is 52.0 Å². The molecule has 0 radical (unpaired) electrons. The second-order valence-corrected chi connectivity index (χ2v) is 2.48. The largest absolute Gasteiger partial charge is 0.449 e. The number of nitrogens with two attached hydrogens (primary N) is 1. The van der Waals surface area contributed by atoms with Crippen LogP contribution in [0.4, 0.5) is 0 Å². The maximum absolute atomic E-state index is 5.55. The summed E-state index contributed by atoms with van der Waals surface area (Å²) < 4.78 is 5.02. The molecule has 2 N–H and O–H groups in total. The van der Waals surface area contributed by atoms with E-state index in [4.69, 9.17) is 10.2 Å². The van der Waals surface area contributed by atoms with Crippen LogP contribution < -0.4 is 5.73 Å². The molecule has 0 saturated carbocycles. The molecule has 0 fully saturated rings. The van der Waals surface area contributed by atoms with Crippen LogP contribution in [-0.4, -0.2) is 11.0 Å². The van der Waals surface area contributed by atoms with Gasteiger partial charge in [-0.05, 0) is 13.3 Å². The second kappa shape index (κ2) is 3.37. The molecule has 0 aliphatic heterocycles. The number of rotatable bonds is 3. The van der Waals surface area contributed by atoms with Gasteiger partial charge in [-0.1, -0.05) is 0 Å². The molecular weight excluding hydrogens is 128 g/mol. The van der Waals surface area contributed by atoms with Crippen LogP contribution >= 0.6 is 0 Å². The summed E-state index contributed by atoms with van der Waals surface area (Å²) in [7, 11) is 0. The van der Waals surface area contributed by atoms with Crippen LogP contribution in [0.3, 0.4) is 0 Å². The molecule has 0 spiro atoms. The summed E-state index contributed by atoms with van der Waals surface area (Å²) in [6.07, 6.45) is 5.01. The van der Waals surface area contributed by atoms with E-state index in [1.165, 1.54) is 6.39 Å². The lowest BCUT2D eigenvalue weighted by Gasteiger charge is -1.99. The van der Waals surface area contributed by atoms with Crippen LogP contribution in [0.15, 0.2) is 17.0 Å². The SMILES string of the molecule is C[C@@H](N)CCc1cnco1. The van der Waals surface area contributed by atoms with E-state index < -0.39 is 0 Å². The quantitative estimate of drug-likeness (QED) is 0.680. The van der Waals surface area contributed by atoms with Crippen molar-refractivity contribution in [1.82, 2.24) is 4.98 Å². The van der Waals surface area contributed by atoms with Crippen molar-refractivity contribution in [2.45, 2.75) is 25.8 Å². The zero-order valence-corrected chi connectivity index (χ0v) is 6.08. The molecule has 0 aliphatic carbocycles. The minimum Gasteiger partial charge on any atom is -0.449 e. The number of nitrogens with zero attached hydrogens (tertiary/aromatic N) is 1. The zero-order chi connectivity index (χ0) is 7.40. The van der Waals surface area contributed by atoms with E-state index in [0.29, 0.717) is 0 Å². The van der Waals surface area contributed by atoms with Crippen molar-refractivity contribution >= 4 is 0 Å². The molecule has 3 heteroatoms. The molecule has 0 aliphatic rings. The fourth-order valence-corrected chi connectivity index (χ4v) is 0.736. The first kappa shape index (κ1) is 7.28. The Morgan fingerprint density at radius 2 is 2.60 bits per heavy atom. The molecule has 0 saturated heterocycles. The van der Waals surface area contributed by atoms with E-state index in [1.807, 2.05) is 6.92 Å². The van der Waals surface area contributed by atoms with Crippen molar-refractivity contribution in [2.75, 3.05) is 0 Å². The molecule has 56 valence electrons. The van der Waals surface area contributed by atoms with Crippen LogP contribution in [-0.2, 0) is 6.42 Å². The highest BCUT2D eigenvalue weighted by Crippen LogP contribution is 2.01. The van der Waals surface area contributed by atoms with Gasteiger partial charge in [-0.15, -0.1) is 0 Å². The summed E-state index contributed by atoms with van der Waals surface area (Å²) in [6.45, 7) is 1.98. The highest BCUT2D eigenvalue weighted by atomic mass is 16.3. The molecule has 1 atom stereocenters. The molecule has 0 bridgehead atoms. The Hall–Kier alpha value is -0.830. The minimum atomic E-state index is 0.241. The lowest BCUT2D eigenvalue weighted by molar-refractivity contribution is 0.486. The Morgan fingerprint density at radius 3 is 3.10 bits per heavy atom. The second-order valence-electron chi connectivity index (χ2n) is 2.48. The third-order valence-corrected chi connectivity index (χ3v) is 1.33. The van der Waals surface area contributed by atoms with Gasteiger partial charge in [-0.3, -0.25) is 0 Å². The first-order chi connectivity index (χ1) is 4.79. The maximum atomic E-state index is 5.55. The van der Waals surface area contributed by atoms with Crippen LogP contribution in [0.5, 0.6) is 0 Å². The first-order valence-electron chi connectivity index (χ1n) is 3.42. The molecule has 1 aromatic rings. The van der Waals surface area contributed by atoms with Crippen molar-refractivity contribution in [3.63, 3.8) is 0 Å². The number of aromatic nitrogens is 1. The first-order valence-corrected chi connectivity index (χ1v) is 3.42. The normalized spacial score (nSPS) is 13.4. The summed E-state index contributed by atoms with van der Waals surface area (Å²) in [6, 6.07) is 0.241. The molecule has 0 aromatic carbocycles. The molecule has 1 rings (SSSR count). The average molecular weight is 140 g/mol. The van der Waals surface area contributed by atoms with Crippen LogP contribution in [0.1, 0.15) is 19.1 Å². The molecule has 1 aromatic heterocycles. The third kappa shape index (κ3) is 2.19. The fourth-order valence-electron chi connectivity index (χ4n) is 0.736. The number of hydrogen-bond donors (Lipinski definition) is 1. The predicted molar refractivity (Wildman–Crippen MR) is 38.5 cm³/mol. The summed E-state index contributed by atoms with van der Waals surface area (Å²) in [5.41, 5.74) is 5.55. The fraction of sp³-hybridized carbons (Fsp3) is 0.571. The highest BCUT2D eigenvalue weighted by Gasteiger charge is 1.98. The van der Waals surface area contributed by atoms with Gasteiger partial charge in [0.2, 0.25) is 0 Å². The van der Waals surface area contributed by atoms with Gasteiger partial charge in [-0.25, -0.2) is 4.98 Å². The van der Waals surface area contributed by atoms with Gasteiger partial charge in [0, 0.05) is 12.5 Å². The molecule has 0 unspecified atom stereocenters. The van der Waals surface area contributed by atoms with E-state index in [9.17, 15) is 0 Å². The van der Waals surface area contributed by atoms with Gasteiger partial charge in [0.05, 0.1) is 6.20 Å². The third-order valence-electron chi connectivity index (χ3n) is 1.33. The summed E-state index contributed by atoms with van der Waals surface area (Å²) in [5.74, 6) is 0.914. The van der Waals surface area contributed by atoms with Crippen LogP contribution in [0, 0.1) is 0 Å². The van der Waals surface area contributed by atoms with E-state index >= 15 is 0 Å². The van der Waals surface area contributed by atoms with Gasteiger partial charge >= 0.3 is 0 Å². The van der Waals surface area contributed by atoms with Gasteiger partial charge in [0.15, 0.2) is 6.39 Å². The van der Waals surface area contributed by atoms with Crippen molar-refractivity contribution in [3.8, 4) is 0 Å². The standard InChI is InChI=1S/C7H12N2O/c1-6(8)2-3-7-4-9-5-10-7/h4-6H,2-3,8H2,1H3/t6-/m1/s1. The predicted octanol–water partition coefficient (Wildman–Crippen LogP) is 0.954. The Morgan fingerprint density at radius 1 is 1.80 bits per heavy atom. The Bertz CT molecular complexity index is 170. The maximum Gasteiger partial charge on any atom is 0.180 e. The zero-order valence-electron chi connectivity index (χ0n) is 6.08. The van der Waals surface area contributed by atoms with E-state index in [0.717, 1.165) is 18.6 Å².